The summed E-state index contributed by atoms with van der Waals surface area (Å²) in [4.78, 5) is 8.58. The Morgan fingerprint density at radius 1 is 1.31 bits per heavy atom. The normalized spacial score (nSPS) is 16.7. The molecule has 11 heteroatoms. The number of hydrogen-bond acceptors (Lipinski definition) is 6. The number of aliphatic imine (C=N–C) groups is 1. The number of rotatable bonds is 6. The molecule has 3 rings (SSSR count). The van der Waals surface area contributed by atoms with Crippen LogP contribution in [0, 0.1) is 0 Å². The van der Waals surface area contributed by atoms with Gasteiger partial charge in [0.2, 0.25) is 21.7 Å². The predicted molar refractivity (Wildman–Crippen MR) is 112 cm³/mol. The van der Waals surface area contributed by atoms with E-state index in [2.05, 4.69) is 25.8 Å². The van der Waals surface area contributed by atoms with E-state index in [1.165, 1.54) is 0 Å². The molecule has 1 aliphatic heterocycles. The fourth-order valence-corrected chi connectivity index (χ4v) is 4.31. The molecule has 0 amide bonds. The van der Waals surface area contributed by atoms with Crippen LogP contribution in [-0.2, 0) is 16.6 Å². The molecule has 1 aromatic heterocycles. The number of sulfonamides is 1. The van der Waals surface area contributed by atoms with Gasteiger partial charge in [-0.05, 0) is 44.0 Å². The van der Waals surface area contributed by atoms with Gasteiger partial charge in [0.05, 0.1) is 12.3 Å². The summed E-state index contributed by atoms with van der Waals surface area (Å²) >= 11 is 5.90. The minimum absolute atomic E-state index is 0.135. The molecular weight excluding hydrogens is 416 g/mol. The first-order chi connectivity index (χ1) is 13.9. The Kier molecular flexibility index (Phi) is 7.09. The first-order valence-corrected chi connectivity index (χ1v) is 11.4. The fourth-order valence-electron chi connectivity index (χ4n) is 3.05. The van der Waals surface area contributed by atoms with Crippen molar-refractivity contribution < 1.29 is 12.9 Å². The fraction of sp³-hybridized carbons (Fsp3) is 0.500. The van der Waals surface area contributed by atoms with Gasteiger partial charge >= 0.3 is 0 Å². The lowest BCUT2D eigenvalue weighted by Gasteiger charge is -2.32. The number of aromatic nitrogens is 2. The Hall–Kier alpha value is -2.17. The lowest BCUT2D eigenvalue weighted by Crippen LogP contribution is -2.49. The number of guanidine groups is 1. The maximum absolute atomic E-state index is 12.0. The van der Waals surface area contributed by atoms with E-state index in [0.717, 1.165) is 18.4 Å². The molecule has 1 aliphatic rings. The third-order valence-electron chi connectivity index (χ3n) is 4.75. The van der Waals surface area contributed by atoms with Gasteiger partial charge in [-0.1, -0.05) is 16.8 Å². The molecular formula is C18H25ClN6O3S. The van der Waals surface area contributed by atoms with Gasteiger partial charge in [0.15, 0.2) is 5.96 Å². The second kappa shape index (κ2) is 9.55. The Bertz CT molecular complexity index is 937. The van der Waals surface area contributed by atoms with Crippen LogP contribution in [0.4, 0.5) is 0 Å². The van der Waals surface area contributed by atoms with Gasteiger partial charge in [0, 0.05) is 36.8 Å². The maximum Gasteiger partial charge on any atom is 0.246 e. The van der Waals surface area contributed by atoms with E-state index in [1.54, 1.807) is 30.4 Å². The van der Waals surface area contributed by atoms with Gasteiger partial charge in [0.1, 0.15) is 0 Å². The molecule has 0 bridgehead atoms. The summed E-state index contributed by atoms with van der Waals surface area (Å²) in [5.74, 6) is 1.66. The van der Waals surface area contributed by atoms with Gasteiger partial charge in [0.25, 0.3) is 0 Å². The maximum atomic E-state index is 12.0. The van der Waals surface area contributed by atoms with E-state index in [9.17, 15) is 8.42 Å². The van der Waals surface area contributed by atoms with E-state index < -0.39 is 10.0 Å². The summed E-state index contributed by atoms with van der Waals surface area (Å²) in [7, 11) is -1.44. The molecule has 0 saturated carbocycles. The van der Waals surface area contributed by atoms with Gasteiger partial charge in [-0.15, -0.1) is 0 Å². The molecule has 2 N–H and O–H groups in total. The minimum Gasteiger partial charge on any atom is -0.354 e. The molecule has 158 valence electrons. The zero-order valence-electron chi connectivity index (χ0n) is 16.4. The highest BCUT2D eigenvalue weighted by molar-refractivity contribution is 7.89. The Labute approximate surface area is 175 Å². The summed E-state index contributed by atoms with van der Waals surface area (Å²) in [6.45, 7) is 3.02. The number of nitrogens with zero attached hydrogens (tertiary/aromatic N) is 4. The molecule has 1 aromatic carbocycles. The smallest absolute Gasteiger partial charge is 0.246 e. The molecule has 29 heavy (non-hydrogen) atoms. The van der Waals surface area contributed by atoms with Crippen LogP contribution < -0.4 is 10.6 Å². The van der Waals surface area contributed by atoms with Gasteiger partial charge < -0.3 is 15.2 Å². The van der Waals surface area contributed by atoms with Crippen molar-refractivity contribution in [2.24, 2.45) is 4.99 Å². The molecule has 0 radical (unpaired) electrons. The zero-order valence-corrected chi connectivity index (χ0v) is 18.0. The average Bonchev–Trinajstić information content (AvgIpc) is 3.21. The van der Waals surface area contributed by atoms with E-state index in [0.29, 0.717) is 42.3 Å². The lowest BCUT2D eigenvalue weighted by atomic mass is 10.1. The monoisotopic (exact) mass is 440 g/mol. The first-order valence-electron chi connectivity index (χ1n) is 9.45. The Balaban J connectivity index is 1.50. The van der Waals surface area contributed by atoms with Crippen LogP contribution in [0.3, 0.4) is 0 Å². The van der Waals surface area contributed by atoms with Crippen LogP contribution in [0.15, 0.2) is 33.8 Å². The van der Waals surface area contributed by atoms with Crippen molar-refractivity contribution in [3.8, 4) is 11.4 Å². The number of hydrogen-bond donors (Lipinski definition) is 2. The number of nitrogens with one attached hydrogen (secondary N) is 2. The van der Waals surface area contributed by atoms with Crippen molar-refractivity contribution in [2.75, 3.05) is 25.9 Å². The molecule has 1 saturated heterocycles. The molecule has 2 aromatic rings. The lowest BCUT2D eigenvalue weighted by molar-refractivity contribution is 0.306. The van der Waals surface area contributed by atoms with E-state index in [4.69, 9.17) is 16.1 Å². The molecule has 9 nitrogen and oxygen atoms in total. The van der Waals surface area contributed by atoms with Crippen molar-refractivity contribution in [3.63, 3.8) is 0 Å². The first kappa shape index (κ1) is 21.5. The van der Waals surface area contributed by atoms with Crippen molar-refractivity contribution in [1.82, 2.24) is 25.1 Å². The molecule has 0 aliphatic carbocycles. The third-order valence-corrected chi connectivity index (χ3v) is 6.89. The average molecular weight is 441 g/mol. The standard InChI is InChI=1S/C18H25ClN6O3S/c1-3-29(26,27)25-10-8-15(9-11-25)22-18(20-2)21-12-16-23-17(24-28-16)13-4-6-14(19)7-5-13/h4-7,15H,3,8-12H2,1-2H3,(H2,20,21,22). The van der Waals surface area contributed by atoms with Crippen LogP contribution in [0.25, 0.3) is 11.4 Å². The zero-order chi connectivity index (χ0) is 20.9. The van der Waals surface area contributed by atoms with E-state index in [1.807, 2.05) is 12.1 Å². The molecule has 1 fully saturated rings. The largest absolute Gasteiger partial charge is 0.354 e. The summed E-state index contributed by atoms with van der Waals surface area (Å²) in [6, 6.07) is 7.35. The van der Waals surface area contributed by atoms with Crippen LogP contribution in [0.2, 0.25) is 5.02 Å². The van der Waals surface area contributed by atoms with Gasteiger partial charge in [-0.3, -0.25) is 4.99 Å². The SMILES string of the molecule is CCS(=O)(=O)N1CCC(NC(=NC)NCc2nc(-c3ccc(Cl)cc3)no2)CC1. The number of piperidine rings is 1. The summed E-state index contributed by atoms with van der Waals surface area (Å²) < 4.78 is 30.8. The highest BCUT2D eigenvalue weighted by Crippen LogP contribution is 2.18. The van der Waals surface area contributed by atoms with Crippen molar-refractivity contribution >= 4 is 27.6 Å². The number of benzene rings is 1. The second-order valence-electron chi connectivity index (χ2n) is 6.66. The quantitative estimate of drug-likeness (QED) is 0.520. The highest BCUT2D eigenvalue weighted by Gasteiger charge is 2.27. The van der Waals surface area contributed by atoms with Crippen LogP contribution in [-0.4, -0.2) is 60.8 Å². The number of halogens is 1. The van der Waals surface area contributed by atoms with Crippen molar-refractivity contribution in [3.05, 3.63) is 35.2 Å². The second-order valence-corrected chi connectivity index (χ2v) is 9.36. The van der Waals surface area contributed by atoms with Crippen LogP contribution in [0.5, 0.6) is 0 Å². The Morgan fingerprint density at radius 3 is 2.62 bits per heavy atom. The summed E-state index contributed by atoms with van der Waals surface area (Å²) in [6.07, 6.45) is 1.45. The van der Waals surface area contributed by atoms with E-state index >= 15 is 0 Å². The Morgan fingerprint density at radius 2 is 2.00 bits per heavy atom. The third kappa shape index (κ3) is 5.68. The predicted octanol–water partition coefficient (Wildman–Crippen LogP) is 1.87. The molecule has 0 atom stereocenters. The molecule has 0 unspecified atom stereocenters. The highest BCUT2D eigenvalue weighted by atomic mass is 35.5. The van der Waals surface area contributed by atoms with Crippen molar-refractivity contribution in [1.29, 1.82) is 0 Å². The summed E-state index contributed by atoms with van der Waals surface area (Å²) in [5, 5.41) is 11.1. The van der Waals surface area contributed by atoms with Crippen LogP contribution >= 0.6 is 11.6 Å². The van der Waals surface area contributed by atoms with Gasteiger partial charge in [-0.25, -0.2) is 12.7 Å². The van der Waals surface area contributed by atoms with Crippen LogP contribution in [0.1, 0.15) is 25.7 Å². The molecule has 0 spiro atoms. The topological polar surface area (TPSA) is 113 Å². The van der Waals surface area contributed by atoms with Crippen molar-refractivity contribution in [2.45, 2.75) is 32.4 Å². The van der Waals surface area contributed by atoms with Gasteiger partial charge in [-0.2, -0.15) is 4.98 Å². The summed E-state index contributed by atoms with van der Waals surface area (Å²) in [5.41, 5.74) is 0.820. The minimum atomic E-state index is -3.12. The van der Waals surface area contributed by atoms with E-state index in [-0.39, 0.29) is 11.8 Å². The molecule has 2 heterocycles.